The van der Waals surface area contributed by atoms with Gasteiger partial charge in [0.25, 0.3) is 0 Å². The molecule has 2 nitrogen and oxygen atoms in total. The molecule has 0 saturated heterocycles. The Hall–Kier alpha value is 3.19. The van der Waals surface area contributed by atoms with Gasteiger partial charge in [-0.1, -0.05) is 0 Å². The third-order valence-corrected chi connectivity index (χ3v) is 0.0833. The molecule has 0 unspecified atom stereocenters. The molecule has 0 aliphatic rings. The second kappa shape index (κ2) is 15.7. The second-order valence-corrected chi connectivity index (χ2v) is 0.408. The largest absolute Gasteiger partial charge is 1.00 e. The molecule has 6 heavy (non-hydrogen) atoms. The molecule has 0 atom stereocenters. The molecule has 0 aromatic heterocycles. The Balaban J connectivity index is -0.0000000450. The van der Waals surface area contributed by atoms with E-state index in [1.807, 2.05) is 0 Å². The van der Waals surface area contributed by atoms with Crippen LogP contribution in [0.4, 0.5) is 0 Å². The molecular formula is C2H4K2O2. The quantitative estimate of drug-likeness (QED) is 0.338. The van der Waals surface area contributed by atoms with Crippen LogP contribution in [0.25, 0.3) is 0 Å². The summed E-state index contributed by atoms with van der Waals surface area (Å²) in [5.74, 6) is 0. The van der Waals surface area contributed by atoms with Crippen molar-refractivity contribution < 1.29 is 113 Å². The fourth-order valence-electron chi connectivity index (χ4n) is 0. The normalized spacial score (nSPS) is 5.00. The van der Waals surface area contributed by atoms with E-state index < -0.39 is 13.2 Å². The van der Waals surface area contributed by atoms with Crippen molar-refractivity contribution in [1.29, 1.82) is 0 Å². The minimum atomic E-state index is -0.486. The topological polar surface area (TPSA) is 46.1 Å². The Kier molecular flexibility index (Phi) is 42.2. The van der Waals surface area contributed by atoms with Crippen molar-refractivity contribution >= 4 is 0 Å². The average molecular weight is 138 g/mol. The summed E-state index contributed by atoms with van der Waals surface area (Å²) >= 11 is 0. The molecule has 0 aromatic carbocycles. The van der Waals surface area contributed by atoms with Crippen molar-refractivity contribution in [3.8, 4) is 0 Å². The van der Waals surface area contributed by atoms with E-state index in [0.29, 0.717) is 0 Å². The fraction of sp³-hybridized carbons (Fsp3) is 1.00. The van der Waals surface area contributed by atoms with Gasteiger partial charge in [0.2, 0.25) is 0 Å². The molecule has 0 bridgehead atoms. The van der Waals surface area contributed by atoms with E-state index in [1.165, 1.54) is 0 Å². The Labute approximate surface area is 123 Å². The second-order valence-electron chi connectivity index (χ2n) is 0.408. The van der Waals surface area contributed by atoms with E-state index in [4.69, 9.17) is 10.2 Å². The number of rotatable bonds is 1. The van der Waals surface area contributed by atoms with Gasteiger partial charge in [0, 0.05) is 0 Å². The molecule has 0 radical (unpaired) electrons. The molecule has 0 heterocycles. The van der Waals surface area contributed by atoms with Gasteiger partial charge in [0.15, 0.2) is 0 Å². The maximum atomic E-state index is 8.99. The van der Waals surface area contributed by atoms with Crippen LogP contribution in [0.2, 0.25) is 0 Å². The van der Waals surface area contributed by atoms with Crippen molar-refractivity contribution in [3.05, 3.63) is 0 Å². The van der Waals surface area contributed by atoms with Crippen LogP contribution in [0, 0.1) is 0 Å². The van der Waals surface area contributed by atoms with Gasteiger partial charge in [-0.2, -0.15) is 13.2 Å². The maximum Gasteiger partial charge on any atom is 1.00 e. The molecule has 0 fully saturated rings. The van der Waals surface area contributed by atoms with E-state index in [1.54, 1.807) is 0 Å². The van der Waals surface area contributed by atoms with Gasteiger partial charge in [-0.15, -0.1) is 0 Å². The Morgan fingerprint density at radius 3 is 1.00 bits per heavy atom. The molecule has 0 rings (SSSR count). The molecule has 0 amide bonds. The van der Waals surface area contributed by atoms with Gasteiger partial charge < -0.3 is 10.2 Å². The smallest absolute Gasteiger partial charge is 0.855 e. The molecule has 0 aliphatic carbocycles. The molecule has 0 aliphatic heterocycles. The summed E-state index contributed by atoms with van der Waals surface area (Å²) in [6.07, 6.45) is 0. The van der Waals surface area contributed by atoms with Crippen LogP contribution in [0.3, 0.4) is 0 Å². The monoisotopic (exact) mass is 138 g/mol. The molecule has 4 heteroatoms. The first kappa shape index (κ1) is 16.1. The Bertz CT molecular complexity index is 11.5. The molecule has 26 valence electrons. The first-order valence-corrected chi connectivity index (χ1v) is 1.08. The standard InChI is InChI=1S/C2H4O2.2K/c3-1-2-4;;/h1-2H2;;/q-2;2*+1. The van der Waals surface area contributed by atoms with Gasteiger partial charge in [0.1, 0.15) is 0 Å². The van der Waals surface area contributed by atoms with Crippen LogP contribution in [0.5, 0.6) is 0 Å². The number of hydrogen-bond donors (Lipinski definition) is 0. The van der Waals surface area contributed by atoms with Crippen molar-refractivity contribution in [2.75, 3.05) is 13.2 Å². The van der Waals surface area contributed by atoms with E-state index in [-0.39, 0.29) is 103 Å². The predicted octanol–water partition coefficient (Wildman–Crippen LogP) is -8.29. The number of hydrogen-bond acceptors (Lipinski definition) is 2. The third-order valence-electron chi connectivity index (χ3n) is 0.0833. The summed E-state index contributed by atoms with van der Waals surface area (Å²) in [7, 11) is 0. The Morgan fingerprint density at radius 2 is 1.00 bits per heavy atom. The molecular weight excluding hydrogens is 134 g/mol. The van der Waals surface area contributed by atoms with Gasteiger partial charge in [-0.05, 0) is 0 Å². The molecule has 0 aromatic rings. The first-order valence-electron chi connectivity index (χ1n) is 1.08. The summed E-state index contributed by atoms with van der Waals surface area (Å²) in [6, 6.07) is 0. The van der Waals surface area contributed by atoms with Crippen molar-refractivity contribution in [1.82, 2.24) is 0 Å². The minimum absolute atomic E-state index is 0. The molecule has 0 N–H and O–H groups in total. The van der Waals surface area contributed by atoms with Crippen molar-refractivity contribution in [3.63, 3.8) is 0 Å². The van der Waals surface area contributed by atoms with E-state index in [2.05, 4.69) is 0 Å². The van der Waals surface area contributed by atoms with Gasteiger partial charge >= 0.3 is 103 Å². The van der Waals surface area contributed by atoms with Crippen LogP contribution >= 0.6 is 0 Å². The zero-order chi connectivity index (χ0) is 3.41. The third kappa shape index (κ3) is 15.7. The van der Waals surface area contributed by atoms with Gasteiger partial charge in [-0.3, -0.25) is 0 Å². The SMILES string of the molecule is [K+].[K+].[O-]CC[O-]. The van der Waals surface area contributed by atoms with Gasteiger partial charge in [0.05, 0.1) is 0 Å². The molecule has 0 saturated carbocycles. The predicted molar refractivity (Wildman–Crippen MR) is 9.73 cm³/mol. The van der Waals surface area contributed by atoms with E-state index in [0.717, 1.165) is 0 Å². The van der Waals surface area contributed by atoms with Crippen LogP contribution in [-0.4, -0.2) is 13.2 Å². The molecule has 0 spiro atoms. The Morgan fingerprint density at radius 1 is 0.833 bits per heavy atom. The van der Waals surface area contributed by atoms with Gasteiger partial charge in [-0.25, -0.2) is 0 Å². The van der Waals surface area contributed by atoms with E-state index in [9.17, 15) is 0 Å². The summed E-state index contributed by atoms with van der Waals surface area (Å²) in [5.41, 5.74) is 0. The zero-order valence-electron chi connectivity index (χ0n) is 4.23. The zero-order valence-corrected chi connectivity index (χ0v) is 10.5. The summed E-state index contributed by atoms with van der Waals surface area (Å²) in [5, 5.41) is 18.0. The van der Waals surface area contributed by atoms with Crippen LogP contribution in [0.15, 0.2) is 0 Å². The average Bonchev–Trinajstić information content (AvgIpc) is 1.37. The first-order chi connectivity index (χ1) is 1.91. The van der Waals surface area contributed by atoms with Crippen LogP contribution in [-0.2, 0) is 0 Å². The van der Waals surface area contributed by atoms with Crippen molar-refractivity contribution in [2.24, 2.45) is 0 Å². The van der Waals surface area contributed by atoms with Crippen LogP contribution in [0.1, 0.15) is 0 Å². The summed E-state index contributed by atoms with van der Waals surface area (Å²) < 4.78 is 0. The fourth-order valence-corrected chi connectivity index (χ4v) is 0. The minimum Gasteiger partial charge on any atom is -0.855 e. The summed E-state index contributed by atoms with van der Waals surface area (Å²) in [6.45, 7) is -0.972. The maximum absolute atomic E-state index is 8.99. The van der Waals surface area contributed by atoms with Crippen molar-refractivity contribution in [2.45, 2.75) is 0 Å². The van der Waals surface area contributed by atoms with Crippen LogP contribution < -0.4 is 113 Å². The van der Waals surface area contributed by atoms with E-state index >= 15 is 0 Å². The summed E-state index contributed by atoms with van der Waals surface area (Å²) in [4.78, 5) is 0.